The van der Waals surface area contributed by atoms with Crippen LogP contribution in [0.2, 0.25) is 0 Å². The summed E-state index contributed by atoms with van der Waals surface area (Å²) in [7, 11) is 0. The summed E-state index contributed by atoms with van der Waals surface area (Å²) in [5, 5.41) is 0. The van der Waals surface area contributed by atoms with E-state index in [0.717, 1.165) is 11.8 Å². The van der Waals surface area contributed by atoms with Crippen molar-refractivity contribution >= 4 is 5.82 Å². The molecule has 2 aliphatic rings. The minimum Gasteiger partial charge on any atom is -0.385 e. The smallest absolute Gasteiger partial charge is 0.330 e. The number of rotatable bonds is 2. The summed E-state index contributed by atoms with van der Waals surface area (Å²) in [6, 6.07) is 1.37. The van der Waals surface area contributed by atoms with Crippen molar-refractivity contribution < 1.29 is 0 Å². The fraction of sp³-hybridized carbons (Fsp3) is 0.692. The zero-order valence-electron chi connectivity index (χ0n) is 10.6. The van der Waals surface area contributed by atoms with Gasteiger partial charge in [0.15, 0.2) is 0 Å². The van der Waals surface area contributed by atoms with Crippen LogP contribution >= 0.6 is 0 Å². The van der Waals surface area contributed by atoms with Crippen molar-refractivity contribution in [1.29, 1.82) is 0 Å². The zero-order chi connectivity index (χ0) is 12.9. The second-order valence-corrected chi connectivity index (χ2v) is 5.81. The third-order valence-electron chi connectivity index (χ3n) is 4.83. The maximum Gasteiger partial charge on any atom is 0.330 e. The highest BCUT2D eigenvalue weighted by Crippen LogP contribution is 2.52. The van der Waals surface area contributed by atoms with Crippen LogP contribution in [0.25, 0.3) is 0 Å². The molecular weight excluding hydrogens is 230 g/mol. The fourth-order valence-corrected chi connectivity index (χ4v) is 4.02. The van der Waals surface area contributed by atoms with Gasteiger partial charge in [-0.3, -0.25) is 14.3 Å². The van der Waals surface area contributed by atoms with Gasteiger partial charge in [0.05, 0.1) is 0 Å². The summed E-state index contributed by atoms with van der Waals surface area (Å²) < 4.78 is 1.55. The van der Waals surface area contributed by atoms with Crippen molar-refractivity contribution in [2.24, 2.45) is 17.8 Å². The topological polar surface area (TPSA) is 80.9 Å². The van der Waals surface area contributed by atoms with E-state index in [-0.39, 0.29) is 17.5 Å². The Morgan fingerprint density at radius 1 is 1.39 bits per heavy atom. The minimum absolute atomic E-state index is 0.0737. The van der Waals surface area contributed by atoms with Crippen LogP contribution in [-0.4, -0.2) is 9.55 Å². The molecular formula is C13H19N3O2. The van der Waals surface area contributed by atoms with Crippen molar-refractivity contribution in [3.8, 4) is 0 Å². The molecule has 5 heteroatoms. The molecule has 2 aliphatic carbocycles. The highest BCUT2D eigenvalue weighted by Gasteiger charge is 2.42. The maximum absolute atomic E-state index is 11.9. The van der Waals surface area contributed by atoms with Crippen molar-refractivity contribution in [3.05, 3.63) is 26.9 Å². The molecule has 1 aromatic rings. The summed E-state index contributed by atoms with van der Waals surface area (Å²) in [5.41, 5.74) is 5.03. The molecule has 3 N–H and O–H groups in total. The molecule has 1 aromatic heterocycles. The molecule has 2 bridgehead atoms. The Hall–Kier alpha value is -1.52. The number of aromatic nitrogens is 2. The number of nitrogens with one attached hydrogen (secondary N) is 1. The van der Waals surface area contributed by atoms with Crippen LogP contribution in [0.15, 0.2) is 15.7 Å². The first-order chi connectivity index (χ1) is 8.56. The SMILES string of the molecule is CC(C1CC2CCC1C2)n1c(N)cc(=O)[nH]c1=O. The largest absolute Gasteiger partial charge is 0.385 e. The Labute approximate surface area is 105 Å². The summed E-state index contributed by atoms with van der Waals surface area (Å²) >= 11 is 0. The summed E-state index contributed by atoms with van der Waals surface area (Å²) in [6.07, 6.45) is 5.10. The van der Waals surface area contributed by atoms with Crippen molar-refractivity contribution in [3.63, 3.8) is 0 Å². The average molecular weight is 249 g/mol. The van der Waals surface area contributed by atoms with Crippen molar-refractivity contribution in [1.82, 2.24) is 9.55 Å². The Morgan fingerprint density at radius 2 is 2.17 bits per heavy atom. The summed E-state index contributed by atoms with van der Waals surface area (Å²) in [4.78, 5) is 25.4. The number of anilines is 1. The molecule has 98 valence electrons. The molecule has 4 unspecified atom stereocenters. The molecule has 0 aliphatic heterocycles. The quantitative estimate of drug-likeness (QED) is 0.824. The van der Waals surface area contributed by atoms with Gasteiger partial charge in [0.25, 0.3) is 5.56 Å². The number of nitrogens with two attached hydrogens (primary N) is 1. The number of fused-ring (bicyclic) bond motifs is 2. The lowest BCUT2D eigenvalue weighted by Gasteiger charge is -2.29. The monoisotopic (exact) mass is 249 g/mol. The van der Waals surface area contributed by atoms with E-state index in [1.165, 1.54) is 31.7 Å². The van der Waals surface area contributed by atoms with Crippen LogP contribution in [-0.2, 0) is 0 Å². The molecule has 2 saturated carbocycles. The molecule has 0 amide bonds. The normalized spacial score (nSPS) is 31.7. The van der Waals surface area contributed by atoms with Gasteiger partial charge in [0.1, 0.15) is 5.82 Å². The first kappa shape index (κ1) is 11.6. The van der Waals surface area contributed by atoms with Crippen LogP contribution in [0.3, 0.4) is 0 Å². The lowest BCUT2D eigenvalue weighted by atomic mass is 9.84. The molecule has 5 nitrogen and oxygen atoms in total. The Kier molecular flexibility index (Phi) is 2.57. The van der Waals surface area contributed by atoms with Crippen molar-refractivity contribution in [2.75, 3.05) is 5.73 Å². The maximum atomic E-state index is 11.9. The third-order valence-corrected chi connectivity index (χ3v) is 4.83. The van der Waals surface area contributed by atoms with E-state index >= 15 is 0 Å². The number of hydrogen-bond donors (Lipinski definition) is 2. The molecule has 4 atom stereocenters. The van der Waals surface area contributed by atoms with Gasteiger partial charge in [0, 0.05) is 12.1 Å². The first-order valence-electron chi connectivity index (χ1n) is 6.67. The van der Waals surface area contributed by atoms with Gasteiger partial charge >= 0.3 is 5.69 Å². The number of nitrogens with zero attached hydrogens (tertiary/aromatic N) is 1. The van der Waals surface area contributed by atoms with E-state index in [2.05, 4.69) is 4.98 Å². The second-order valence-electron chi connectivity index (χ2n) is 5.81. The van der Waals surface area contributed by atoms with Gasteiger partial charge in [-0.1, -0.05) is 6.42 Å². The van der Waals surface area contributed by atoms with Gasteiger partial charge < -0.3 is 5.73 Å². The van der Waals surface area contributed by atoms with Crippen LogP contribution in [0.1, 0.15) is 38.6 Å². The molecule has 0 spiro atoms. The summed E-state index contributed by atoms with van der Waals surface area (Å²) in [5.74, 6) is 2.36. The second kappa shape index (κ2) is 4.00. The highest BCUT2D eigenvalue weighted by molar-refractivity contribution is 5.27. The molecule has 0 saturated heterocycles. The third kappa shape index (κ3) is 1.69. The Balaban J connectivity index is 1.96. The lowest BCUT2D eigenvalue weighted by Crippen LogP contribution is -2.36. The summed E-state index contributed by atoms with van der Waals surface area (Å²) in [6.45, 7) is 2.04. The molecule has 0 radical (unpaired) electrons. The number of hydrogen-bond acceptors (Lipinski definition) is 3. The number of nitrogen functional groups attached to an aromatic ring is 1. The molecule has 3 rings (SSSR count). The highest BCUT2D eigenvalue weighted by atomic mass is 16.2. The minimum atomic E-state index is -0.422. The lowest BCUT2D eigenvalue weighted by molar-refractivity contribution is 0.239. The van der Waals surface area contributed by atoms with Gasteiger partial charge in [-0.2, -0.15) is 0 Å². The van der Waals surface area contributed by atoms with Gasteiger partial charge in [-0.25, -0.2) is 4.79 Å². The molecule has 1 heterocycles. The van der Waals surface area contributed by atoms with E-state index < -0.39 is 5.56 Å². The predicted octanol–water partition coefficient (Wildman–Crippen LogP) is 1.12. The first-order valence-corrected chi connectivity index (χ1v) is 6.67. The van der Waals surface area contributed by atoms with Crippen molar-refractivity contribution in [2.45, 2.75) is 38.6 Å². The van der Waals surface area contributed by atoms with Gasteiger partial charge in [-0.05, 0) is 43.9 Å². The van der Waals surface area contributed by atoms with Crippen LogP contribution in [0, 0.1) is 17.8 Å². The van der Waals surface area contributed by atoms with Gasteiger partial charge in [0.2, 0.25) is 0 Å². The fourth-order valence-electron chi connectivity index (χ4n) is 4.02. The Bertz CT molecular complexity index is 574. The number of aromatic amines is 1. The average Bonchev–Trinajstić information content (AvgIpc) is 2.88. The van der Waals surface area contributed by atoms with E-state index in [1.807, 2.05) is 6.92 Å². The van der Waals surface area contributed by atoms with E-state index in [1.54, 1.807) is 4.57 Å². The van der Waals surface area contributed by atoms with Crippen LogP contribution < -0.4 is 17.0 Å². The molecule has 2 fully saturated rings. The molecule has 0 aromatic carbocycles. The van der Waals surface area contributed by atoms with Crippen LogP contribution in [0.5, 0.6) is 0 Å². The Morgan fingerprint density at radius 3 is 2.72 bits per heavy atom. The van der Waals surface area contributed by atoms with Gasteiger partial charge in [-0.15, -0.1) is 0 Å². The number of H-pyrrole nitrogens is 1. The van der Waals surface area contributed by atoms with E-state index in [9.17, 15) is 9.59 Å². The molecule has 18 heavy (non-hydrogen) atoms. The van der Waals surface area contributed by atoms with E-state index in [4.69, 9.17) is 5.73 Å². The standard InChI is InChI=1S/C13H19N3O2/c1-7(10-5-8-2-3-9(10)4-8)16-11(14)6-12(17)15-13(16)18/h6-10H,2-5,14H2,1H3,(H,15,17,18). The predicted molar refractivity (Wildman–Crippen MR) is 69.4 cm³/mol. The van der Waals surface area contributed by atoms with Crippen LogP contribution in [0.4, 0.5) is 5.82 Å². The van der Waals surface area contributed by atoms with E-state index in [0.29, 0.717) is 5.92 Å². The zero-order valence-corrected chi connectivity index (χ0v) is 10.6.